The van der Waals surface area contributed by atoms with Gasteiger partial charge in [0.15, 0.2) is 0 Å². The van der Waals surface area contributed by atoms with E-state index in [1.54, 1.807) is 0 Å². The summed E-state index contributed by atoms with van der Waals surface area (Å²) in [4.78, 5) is 7.23. The molecule has 0 aliphatic carbocycles. The number of ether oxygens (including phenoxy) is 1. The van der Waals surface area contributed by atoms with E-state index in [-0.39, 0.29) is 12.4 Å². The Morgan fingerprint density at radius 1 is 1.20 bits per heavy atom. The molecule has 2 aromatic rings. The number of para-hydroxylation sites is 2. The molecule has 0 unspecified atom stereocenters. The molecule has 1 aliphatic rings. The first-order valence-electron chi connectivity index (χ1n) is 7.12. The van der Waals surface area contributed by atoms with Gasteiger partial charge >= 0.3 is 0 Å². The summed E-state index contributed by atoms with van der Waals surface area (Å²) in [6.45, 7) is 7.89. The van der Waals surface area contributed by atoms with Crippen molar-refractivity contribution in [3.8, 4) is 0 Å². The molecule has 4 nitrogen and oxygen atoms in total. The maximum Gasteiger partial charge on any atom is 0.124 e. The van der Waals surface area contributed by atoms with Gasteiger partial charge in [-0.2, -0.15) is 0 Å². The topological polar surface area (TPSA) is 30.3 Å². The first kappa shape index (κ1) is 15.3. The molecule has 0 bridgehead atoms. The van der Waals surface area contributed by atoms with Crippen LogP contribution in [0.2, 0.25) is 0 Å². The summed E-state index contributed by atoms with van der Waals surface area (Å²) in [5.41, 5.74) is 2.37. The molecule has 110 valence electrons. The van der Waals surface area contributed by atoms with Crippen LogP contribution >= 0.6 is 12.4 Å². The second-order valence-electron chi connectivity index (χ2n) is 5.06. The highest BCUT2D eigenvalue weighted by atomic mass is 35.5. The number of aromatic nitrogens is 2. The molecule has 1 aromatic carbocycles. The summed E-state index contributed by atoms with van der Waals surface area (Å²) in [6.07, 6.45) is 1.14. The van der Waals surface area contributed by atoms with Crippen LogP contribution < -0.4 is 0 Å². The molecular formula is C15H22ClN3O. The lowest BCUT2D eigenvalue weighted by Gasteiger charge is -2.26. The van der Waals surface area contributed by atoms with Gasteiger partial charge in [-0.15, -0.1) is 12.4 Å². The van der Waals surface area contributed by atoms with Gasteiger partial charge in [0.1, 0.15) is 5.82 Å². The van der Waals surface area contributed by atoms with Gasteiger partial charge in [0, 0.05) is 19.6 Å². The zero-order valence-corrected chi connectivity index (χ0v) is 12.7. The van der Waals surface area contributed by atoms with E-state index in [4.69, 9.17) is 9.72 Å². The predicted octanol–water partition coefficient (Wildman–Crippen LogP) is 2.70. The van der Waals surface area contributed by atoms with E-state index in [0.29, 0.717) is 0 Å². The lowest BCUT2D eigenvalue weighted by atomic mass is 10.3. The van der Waals surface area contributed by atoms with Crippen molar-refractivity contribution in [2.75, 3.05) is 26.3 Å². The Balaban J connectivity index is 0.00000147. The van der Waals surface area contributed by atoms with Gasteiger partial charge in [0.25, 0.3) is 0 Å². The minimum absolute atomic E-state index is 0. The SMILES string of the molecule is CCCn1c(CN2CCOCC2)nc2ccccc21.Cl. The smallest absolute Gasteiger partial charge is 0.124 e. The molecule has 0 saturated carbocycles. The van der Waals surface area contributed by atoms with Crippen LogP contribution in [-0.4, -0.2) is 40.8 Å². The average Bonchev–Trinajstić information content (AvgIpc) is 2.79. The molecule has 0 amide bonds. The standard InChI is InChI=1S/C15H21N3O.ClH/c1-2-7-18-14-6-4-3-5-13(14)16-15(18)12-17-8-10-19-11-9-17;/h3-6H,2,7-12H2,1H3;1H. The van der Waals surface area contributed by atoms with Gasteiger partial charge in [-0.25, -0.2) is 4.98 Å². The summed E-state index contributed by atoms with van der Waals surface area (Å²) in [6, 6.07) is 8.42. The lowest BCUT2D eigenvalue weighted by Crippen LogP contribution is -2.36. The van der Waals surface area contributed by atoms with Gasteiger partial charge in [0.05, 0.1) is 30.8 Å². The number of benzene rings is 1. The molecule has 0 radical (unpaired) electrons. The number of hydrogen-bond acceptors (Lipinski definition) is 3. The Labute approximate surface area is 126 Å². The largest absolute Gasteiger partial charge is 0.379 e. The molecular weight excluding hydrogens is 274 g/mol. The molecule has 0 N–H and O–H groups in total. The van der Waals surface area contributed by atoms with Crippen LogP contribution in [0.25, 0.3) is 11.0 Å². The summed E-state index contributed by atoms with van der Waals surface area (Å²) in [7, 11) is 0. The van der Waals surface area contributed by atoms with Crippen LogP contribution in [0.5, 0.6) is 0 Å². The van der Waals surface area contributed by atoms with Crippen LogP contribution in [0, 0.1) is 0 Å². The van der Waals surface area contributed by atoms with Gasteiger partial charge in [-0.1, -0.05) is 19.1 Å². The molecule has 1 saturated heterocycles. The number of nitrogens with zero attached hydrogens (tertiary/aromatic N) is 3. The number of halogens is 1. The van der Waals surface area contributed by atoms with Crippen LogP contribution in [0.3, 0.4) is 0 Å². The average molecular weight is 296 g/mol. The fraction of sp³-hybridized carbons (Fsp3) is 0.533. The summed E-state index contributed by atoms with van der Waals surface area (Å²) >= 11 is 0. The van der Waals surface area contributed by atoms with Crippen molar-refractivity contribution in [2.45, 2.75) is 26.4 Å². The van der Waals surface area contributed by atoms with Crippen molar-refractivity contribution in [3.05, 3.63) is 30.1 Å². The molecule has 2 heterocycles. The highest BCUT2D eigenvalue weighted by Crippen LogP contribution is 2.18. The van der Waals surface area contributed by atoms with E-state index in [1.807, 2.05) is 0 Å². The van der Waals surface area contributed by atoms with Crippen molar-refractivity contribution in [2.24, 2.45) is 0 Å². The number of hydrogen-bond donors (Lipinski definition) is 0. The van der Waals surface area contributed by atoms with E-state index in [9.17, 15) is 0 Å². The quantitative estimate of drug-likeness (QED) is 0.869. The Bertz CT molecular complexity index is 549. The molecule has 0 atom stereocenters. The van der Waals surface area contributed by atoms with Crippen molar-refractivity contribution in [1.29, 1.82) is 0 Å². The summed E-state index contributed by atoms with van der Waals surface area (Å²) in [5.74, 6) is 1.19. The van der Waals surface area contributed by atoms with Crippen LogP contribution in [0.15, 0.2) is 24.3 Å². The van der Waals surface area contributed by atoms with E-state index in [1.165, 1.54) is 11.3 Å². The van der Waals surface area contributed by atoms with E-state index >= 15 is 0 Å². The maximum absolute atomic E-state index is 5.41. The van der Waals surface area contributed by atoms with Gasteiger partial charge in [-0.3, -0.25) is 4.90 Å². The monoisotopic (exact) mass is 295 g/mol. The predicted molar refractivity (Wildman–Crippen MR) is 83.4 cm³/mol. The van der Waals surface area contributed by atoms with Crippen molar-refractivity contribution in [3.63, 3.8) is 0 Å². The van der Waals surface area contributed by atoms with Crippen molar-refractivity contribution in [1.82, 2.24) is 14.5 Å². The van der Waals surface area contributed by atoms with Crippen molar-refractivity contribution >= 4 is 23.4 Å². The number of aryl methyl sites for hydroxylation is 1. The van der Waals surface area contributed by atoms with E-state index < -0.39 is 0 Å². The minimum atomic E-state index is 0. The van der Waals surface area contributed by atoms with Gasteiger partial charge in [-0.05, 0) is 18.6 Å². The Hall–Kier alpha value is -1.10. The second kappa shape index (κ2) is 7.07. The third kappa shape index (κ3) is 3.14. The van der Waals surface area contributed by atoms with Crippen LogP contribution in [0.4, 0.5) is 0 Å². The molecule has 20 heavy (non-hydrogen) atoms. The number of morpholine rings is 1. The highest BCUT2D eigenvalue weighted by molar-refractivity contribution is 5.85. The second-order valence-corrected chi connectivity index (χ2v) is 5.06. The molecule has 1 aliphatic heterocycles. The van der Waals surface area contributed by atoms with E-state index in [0.717, 1.165) is 51.3 Å². The first-order chi connectivity index (χ1) is 9.38. The molecule has 3 rings (SSSR count). The minimum Gasteiger partial charge on any atom is -0.379 e. The summed E-state index contributed by atoms with van der Waals surface area (Å²) in [5, 5.41) is 0. The Morgan fingerprint density at radius 3 is 2.70 bits per heavy atom. The summed E-state index contributed by atoms with van der Waals surface area (Å²) < 4.78 is 7.77. The maximum atomic E-state index is 5.41. The first-order valence-corrected chi connectivity index (χ1v) is 7.12. The Morgan fingerprint density at radius 2 is 1.95 bits per heavy atom. The Kier molecular flexibility index (Phi) is 5.40. The fourth-order valence-corrected chi connectivity index (χ4v) is 2.68. The number of imidazole rings is 1. The lowest BCUT2D eigenvalue weighted by molar-refractivity contribution is 0.0326. The van der Waals surface area contributed by atoms with Crippen LogP contribution in [0.1, 0.15) is 19.2 Å². The molecule has 5 heteroatoms. The highest BCUT2D eigenvalue weighted by Gasteiger charge is 2.15. The van der Waals surface area contributed by atoms with Crippen LogP contribution in [-0.2, 0) is 17.8 Å². The number of rotatable bonds is 4. The third-order valence-electron chi connectivity index (χ3n) is 3.65. The van der Waals surface area contributed by atoms with E-state index in [2.05, 4.69) is 40.7 Å². The molecule has 1 aromatic heterocycles. The molecule has 0 spiro atoms. The normalized spacial score (nSPS) is 16.2. The van der Waals surface area contributed by atoms with Crippen molar-refractivity contribution < 1.29 is 4.74 Å². The van der Waals surface area contributed by atoms with Gasteiger partial charge in [0.2, 0.25) is 0 Å². The molecule has 1 fully saturated rings. The third-order valence-corrected chi connectivity index (χ3v) is 3.65. The van der Waals surface area contributed by atoms with Gasteiger partial charge < -0.3 is 9.30 Å². The zero-order valence-electron chi connectivity index (χ0n) is 11.9. The fourth-order valence-electron chi connectivity index (χ4n) is 2.68. The zero-order chi connectivity index (χ0) is 13.1. The number of fused-ring (bicyclic) bond motifs is 1.